The zero-order valence-corrected chi connectivity index (χ0v) is 18.1. The molecule has 0 bridgehead atoms. The lowest BCUT2D eigenvalue weighted by atomic mass is 9.87. The molecule has 4 rings (SSSR count). The monoisotopic (exact) mass is 432 g/mol. The third-order valence-electron chi connectivity index (χ3n) is 5.58. The molecule has 0 saturated carbocycles. The van der Waals surface area contributed by atoms with Gasteiger partial charge < -0.3 is 19.2 Å². The van der Waals surface area contributed by atoms with E-state index < -0.39 is 5.92 Å². The average Bonchev–Trinajstić information content (AvgIpc) is 3.21. The second-order valence-corrected chi connectivity index (χ2v) is 7.35. The van der Waals surface area contributed by atoms with Crippen molar-refractivity contribution in [2.24, 2.45) is 0 Å². The van der Waals surface area contributed by atoms with Gasteiger partial charge in [-0.15, -0.1) is 0 Å². The molecule has 0 radical (unpaired) electrons. The molecule has 0 aliphatic heterocycles. The van der Waals surface area contributed by atoms with Crippen molar-refractivity contribution < 1.29 is 19.1 Å². The third kappa shape index (κ3) is 3.85. The summed E-state index contributed by atoms with van der Waals surface area (Å²) < 4.78 is 16.5. The van der Waals surface area contributed by atoms with E-state index in [0.29, 0.717) is 22.8 Å². The molecule has 0 aliphatic rings. The number of ether oxygens (including phenoxy) is 3. The van der Waals surface area contributed by atoms with Gasteiger partial charge in [-0.25, -0.2) is 0 Å². The second kappa shape index (κ2) is 9.01. The largest absolute Gasteiger partial charge is 0.493 e. The van der Waals surface area contributed by atoms with E-state index in [1.807, 2.05) is 54.6 Å². The van der Waals surface area contributed by atoms with E-state index in [2.05, 4.69) is 4.98 Å². The lowest BCUT2D eigenvalue weighted by Gasteiger charge is -2.19. The van der Waals surface area contributed by atoms with Gasteiger partial charge in [0, 0.05) is 15.8 Å². The highest BCUT2D eigenvalue weighted by atomic mass is 16.6. The quantitative estimate of drug-likeness (QED) is 0.303. The summed E-state index contributed by atoms with van der Waals surface area (Å²) >= 11 is 0. The second-order valence-electron chi connectivity index (χ2n) is 7.35. The van der Waals surface area contributed by atoms with E-state index in [4.69, 9.17) is 14.2 Å². The van der Waals surface area contributed by atoms with Crippen molar-refractivity contribution in [3.63, 3.8) is 0 Å². The Hall–Kier alpha value is -4.00. The van der Waals surface area contributed by atoms with Crippen molar-refractivity contribution in [3.05, 3.63) is 88.0 Å². The normalized spacial score (nSPS) is 11.8. The molecule has 0 unspecified atom stereocenters. The molecule has 3 aromatic carbocycles. The van der Waals surface area contributed by atoms with Gasteiger partial charge >= 0.3 is 0 Å². The molecule has 1 aromatic heterocycles. The number of benzene rings is 3. The summed E-state index contributed by atoms with van der Waals surface area (Å²) in [5, 5.41) is 12.7. The first-order valence-corrected chi connectivity index (χ1v) is 10.1. The molecule has 0 fully saturated rings. The number of fused-ring (bicyclic) bond motifs is 1. The SMILES string of the molecule is COc1cc([C@@H](C[N+](=O)[O-])c2c(-c3ccccc3)[nH]c3ccccc23)cc(OC)c1OC. The number of nitrogens with one attached hydrogen (secondary N) is 1. The van der Waals surface area contributed by atoms with Crippen molar-refractivity contribution >= 4 is 10.9 Å². The van der Waals surface area contributed by atoms with Crippen LogP contribution >= 0.6 is 0 Å². The molecular formula is C25H24N2O5. The van der Waals surface area contributed by atoms with E-state index in [1.54, 1.807) is 12.1 Å². The molecular weight excluding hydrogens is 408 g/mol. The molecule has 1 N–H and O–H groups in total. The fraction of sp³-hybridized carbons (Fsp3) is 0.200. The summed E-state index contributed by atoms with van der Waals surface area (Å²) in [5.41, 5.74) is 4.30. The Balaban J connectivity index is 2.01. The molecule has 0 aliphatic carbocycles. The number of nitrogens with zero attached hydrogens (tertiary/aromatic N) is 1. The van der Waals surface area contributed by atoms with Crippen LogP contribution in [0.5, 0.6) is 17.2 Å². The highest BCUT2D eigenvalue weighted by Gasteiger charge is 2.29. The van der Waals surface area contributed by atoms with E-state index in [9.17, 15) is 10.1 Å². The maximum atomic E-state index is 11.8. The highest BCUT2D eigenvalue weighted by molar-refractivity contribution is 5.92. The highest BCUT2D eigenvalue weighted by Crippen LogP contribution is 2.44. The Kier molecular flexibility index (Phi) is 5.98. The zero-order chi connectivity index (χ0) is 22.7. The van der Waals surface area contributed by atoms with Crippen LogP contribution in [0.4, 0.5) is 0 Å². The summed E-state index contributed by atoms with van der Waals surface area (Å²) in [4.78, 5) is 15.0. The summed E-state index contributed by atoms with van der Waals surface area (Å²) in [6.07, 6.45) is 0. The van der Waals surface area contributed by atoms with Gasteiger partial charge in [-0.05, 0) is 34.9 Å². The number of aromatic nitrogens is 1. The van der Waals surface area contributed by atoms with E-state index in [-0.39, 0.29) is 11.5 Å². The number of nitro groups is 1. The molecule has 4 aromatic rings. The van der Waals surface area contributed by atoms with Crippen LogP contribution in [0.3, 0.4) is 0 Å². The maximum Gasteiger partial charge on any atom is 0.214 e. The van der Waals surface area contributed by atoms with Crippen LogP contribution in [-0.4, -0.2) is 37.8 Å². The van der Waals surface area contributed by atoms with Gasteiger partial charge in [-0.1, -0.05) is 48.5 Å². The molecule has 1 heterocycles. The van der Waals surface area contributed by atoms with Gasteiger partial charge in [0.1, 0.15) is 0 Å². The molecule has 32 heavy (non-hydrogen) atoms. The fourth-order valence-corrected chi connectivity index (χ4v) is 4.17. The smallest absolute Gasteiger partial charge is 0.214 e. The van der Waals surface area contributed by atoms with E-state index >= 15 is 0 Å². The van der Waals surface area contributed by atoms with Gasteiger partial charge in [-0.3, -0.25) is 10.1 Å². The minimum Gasteiger partial charge on any atom is -0.493 e. The summed E-state index contributed by atoms with van der Waals surface area (Å²) in [7, 11) is 4.59. The Morgan fingerprint density at radius 1 is 0.906 bits per heavy atom. The lowest BCUT2D eigenvalue weighted by molar-refractivity contribution is -0.481. The van der Waals surface area contributed by atoms with Crippen LogP contribution in [0, 0.1) is 10.1 Å². The topological polar surface area (TPSA) is 86.6 Å². The van der Waals surface area contributed by atoms with Crippen molar-refractivity contribution in [3.8, 4) is 28.5 Å². The standard InChI is InChI=1S/C25H24N2O5/c1-30-21-13-17(14-22(31-2)25(21)32-3)19(15-27(28)29)23-18-11-7-8-12-20(18)26-24(23)16-9-5-4-6-10-16/h4-14,19,26H,15H2,1-3H3/t19-/m1/s1. The Morgan fingerprint density at radius 3 is 2.12 bits per heavy atom. The van der Waals surface area contributed by atoms with Gasteiger partial charge in [-0.2, -0.15) is 0 Å². The molecule has 7 nitrogen and oxygen atoms in total. The molecule has 0 spiro atoms. The molecule has 0 amide bonds. The Labute approximate surface area is 185 Å². The number of para-hydroxylation sites is 1. The predicted octanol–water partition coefficient (Wildman–Crippen LogP) is 5.27. The van der Waals surface area contributed by atoms with Gasteiger partial charge in [0.2, 0.25) is 12.3 Å². The third-order valence-corrected chi connectivity index (χ3v) is 5.58. The van der Waals surface area contributed by atoms with Gasteiger partial charge in [0.05, 0.1) is 32.9 Å². The fourth-order valence-electron chi connectivity index (χ4n) is 4.17. The van der Waals surface area contributed by atoms with Gasteiger partial charge in [0.15, 0.2) is 11.5 Å². The van der Waals surface area contributed by atoms with Crippen LogP contribution in [0.1, 0.15) is 17.0 Å². The first-order chi connectivity index (χ1) is 15.6. The minimum absolute atomic E-state index is 0.287. The predicted molar refractivity (Wildman–Crippen MR) is 124 cm³/mol. The minimum atomic E-state index is -0.551. The van der Waals surface area contributed by atoms with Crippen molar-refractivity contribution in [2.45, 2.75) is 5.92 Å². The van der Waals surface area contributed by atoms with Crippen LogP contribution in [-0.2, 0) is 0 Å². The molecule has 1 atom stereocenters. The number of aromatic amines is 1. The average molecular weight is 432 g/mol. The van der Waals surface area contributed by atoms with Crippen LogP contribution in [0.25, 0.3) is 22.2 Å². The number of H-pyrrole nitrogens is 1. The first-order valence-electron chi connectivity index (χ1n) is 10.1. The summed E-state index contributed by atoms with van der Waals surface area (Å²) in [6.45, 7) is -0.291. The first kappa shape index (κ1) is 21.2. The zero-order valence-electron chi connectivity index (χ0n) is 18.1. The van der Waals surface area contributed by atoms with Crippen molar-refractivity contribution in [1.29, 1.82) is 0 Å². The van der Waals surface area contributed by atoms with E-state index in [1.165, 1.54) is 21.3 Å². The number of rotatable bonds is 8. The molecule has 7 heteroatoms. The van der Waals surface area contributed by atoms with Gasteiger partial charge in [0.25, 0.3) is 0 Å². The number of methoxy groups -OCH3 is 3. The van der Waals surface area contributed by atoms with Crippen molar-refractivity contribution in [2.75, 3.05) is 27.9 Å². The maximum absolute atomic E-state index is 11.8. The van der Waals surface area contributed by atoms with Crippen LogP contribution < -0.4 is 14.2 Å². The van der Waals surface area contributed by atoms with Crippen LogP contribution in [0.2, 0.25) is 0 Å². The van der Waals surface area contributed by atoms with E-state index in [0.717, 1.165) is 27.7 Å². The van der Waals surface area contributed by atoms with Crippen molar-refractivity contribution in [1.82, 2.24) is 4.98 Å². The number of hydrogen-bond acceptors (Lipinski definition) is 5. The molecule has 0 saturated heterocycles. The molecule has 164 valence electrons. The summed E-state index contributed by atoms with van der Waals surface area (Å²) in [5.74, 6) is 0.804. The Morgan fingerprint density at radius 2 is 1.53 bits per heavy atom. The summed E-state index contributed by atoms with van der Waals surface area (Å²) in [6, 6.07) is 21.2. The Bertz CT molecular complexity index is 1220. The lowest BCUT2D eigenvalue weighted by Crippen LogP contribution is -2.15. The number of hydrogen-bond donors (Lipinski definition) is 1. The van der Waals surface area contributed by atoms with Crippen LogP contribution in [0.15, 0.2) is 66.7 Å².